The maximum Gasteiger partial charge on any atom is 0.105 e. The van der Waals surface area contributed by atoms with Crippen LogP contribution in [0, 0.1) is 0 Å². The van der Waals surface area contributed by atoms with Gasteiger partial charge in [-0.3, -0.25) is 0 Å². The van der Waals surface area contributed by atoms with Crippen LogP contribution in [-0.2, 0) is 0 Å². The second kappa shape index (κ2) is 4.32. The molecule has 78 valence electrons. The summed E-state index contributed by atoms with van der Waals surface area (Å²) in [6.07, 6.45) is -4.64. The SMILES string of the molecule is OC[C@@H](O)[C@H](O)[C@@H]1NC[C@H](O)[C@@H]1O. The lowest BCUT2D eigenvalue weighted by atomic mass is 10.0. The molecule has 1 heterocycles. The zero-order valence-corrected chi connectivity index (χ0v) is 7.04. The first-order valence-corrected chi connectivity index (χ1v) is 4.14. The van der Waals surface area contributed by atoms with E-state index in [4.69, 9.17) is 15.3 Å². The molecular weight excluding hydrogens is 178 g/mol. The van der Waals surface area contributed by atoms with Crippen molar-refractivity contribution in [1.82, 2.24) is 5.32 Å². The summed E-state index contributed by atoms with van der Waals surface area (Å²) in [5, 5.41) is 48.0. The third kappa shape index (κ3) is 2.16. The van der Waals surface area contributed by atoms with Gasteiger partial charge in [-0.15, -0.1) is 0 Å². The minimum absolute atomic E-state index is 0.168. The summed E-state index contributed by atoms with van der Waals surface area (Å²) >= 11 is 0. The number of aliphatic hydroxyl groups is 5. The highest BCUT2D eigenvalue weighted by Crippen LogP contribution is 2.13. The van der Waals surface area contributed by atoms with E-state index in [9.17, 15) is 10.2 Å². The number of nitrogens with one attached hydrogen (secondary N) is 1. The van der Waals surface area contributed by atoms with Crippen molar-refractivity contribution in [3.05, 3.63) is 0 Å². The second-order valence-electron chi connectivity index (χ2n) is 3.23. The molecule has 0 spiro atoms. The van der Waals surface area contributed by atoms with Crippen LogP contribution in [0.3, 0.4) is 0 Å². The summed E-state index contributed by atoms with van der Waals surface area (Å²) in [5.74, 6) is 0. The molecule has 1 aliphatic heterocycles. The van der Waals surface area contributed by atoms with Gasteiger partial charge in [0.2, 0.25) is 0 Å². The zero-order chi connectivity index (χ0) is 10.0. The lowest BCUT2D eigenvalue weighted by Gasteiger charge is -2.25. The van der Waals surface area contributed by atoms with Crippen molar-refractivity contribution in [2.24, 2.45) is 0 Å². The molecule has 1 saturated heterocycles. The average Bonchev–Trinajstić information content (AvgIpc) is 2.45. The topological polar surface area (TPSA) is 113 Å². The molecule has 6 nitrogen and oxygen atoms in total. The Balaban J connectivity index is 2.52. The summed E-state index contributed by atoms with van der Waals surface area (Å²) in [6.45, 7) is -0.413. The van der Waals surface area contributed by atoms with Gasteiger partial charge in [0.15, 0.2) is 0 Å². The maximum absolute atomic E-state index is 9.36. The molecule has 1 fully saturated rings. The third-order valence-electron chi connectivity index (χ3n) is 2.27. The van der Waals surface area contributed by atoms with Crippen molar-refractivity contribution in [3.8, 4) is 0 Å². The van der Waals surface area contributed by atoms with Gasteiger partial charge < -0.3 is 30.8 Å². The van der Waals surface area contributed by atoms with Crippen LogP contribution in [0.2, 0.25) is 0 Å². The third-order valence-corrected chi connectivity index (χ3v) is 2.27. The van der Waals surface area contributed by atoms with Crippen molar-refractivity contribution in [1.29, 1.82) is 0 Å². The highest BCUT2D eigenvalue weighted by atomic mass is 16.4. The van der Waals surface area contributed by atoms with Crippen molar-refractivity contribution in [3.63, 3.8) is 0 Å². The fourth-order valence-corrected chi connectivity index (χ4v) is 1.41. The molecule has 13 heavy (non-hydrogen) atoms. The molecule has 0 saturated carbocycles. The summed E-state index contributed by atoms with van der Waals surface area (Å²) in [6, 6.07) is -0.794. The molecule has 0 unspecified atom stereocenters. The highest BCUT2D eigenvalue weighted by Gasteiger charge is 2.39. The van der Waals surface area contributed by atoms with E-state index in [0.29, 0.717) is 0 Å². The molecule has 6 heteroatoms. The first-order chi connectivity index (χ1) is 6.07. The largest absolute Gasteiger partial charge is 0.394 e. The van der Waals surface area contributed by atoms with Crippen LogP contribution in [-0.4, -0.2) is 69.1 Å². The Kier molecular flexibility index (Phi) is 3.60. The summed E-state index contributed by atoms with van der Waals surface area (Å²) < 4.78 is 0. The van der Waals surface area contributed by atoms with Gasteiger partial charge in [0, 0.05) is 6.54 Å². The first-order valence-electron chi connectivity index (χ1n) is 4.14. The monoisotopic (exact) mass is 193 g/mol. The normalized spacial score (nSPS) is 39.0. The molecule has 0 aromatic rings. The van der Waals surface area contributed by atoms with Crippen LogP contribution >= 0.6 is 0 Å². The number of aliphatic hydroxyl groups excluding tert-OH is 5. The van der Waals surface area contributed by atoms with Gasteiger partial charge in [0.1, 0.15) is 12.2 Å². The number of β-amino-alcohol motifs (C(OH)–C–C–N with tert-alkyl or cyclic N) is 1. The van der Waals surface area contributed by atoms with E-state index in [1.807, 2.05) is 0 Å². The molecule has 6 N–H and O–H groups in total. The molecule has 0 bridgehead atoms. The molecular formula is C7H15NO5. The van der Waals surface area contributed by atoms with E-state index in [1.165, 1.54) is 0 Å². The van der Waals surface area contributed by atoms with Crippen LogP contribution in [0.4, 0.5) is 0 Å². The average molecular weight is 193 g/mol. The zero-order valence-electron chi connectivity index (χ0n) is 7.04. The van der Waals surface area contributed by atoms with Gasteiger partial charge in [0.25, 0.3) is 0 Å². The van der Waals surface area contributed by atoms with Crippen LogP contribution in [0.15, 0.2) is 0 Å². The Morgan fingerprint density at radius 1 is 1.31 bits per heavy atom. The van der Waals surface area contributed by atoms with Crippen LogP contribution in [0.5, 0.6) is 0 Å². The van der Waals surface area contributed by atoms with E-state index in [2.05, 4.69) is 5.32 Å². The van der Waals surface area contributed by atoms with Gasteiger partial charge in [-0.2, -0.15) is 0 Å². The highest BCUT2D eigenvalue weighted by molar-refractivity contribution is 4.96. The van der Waals surface area contributed by atoms with Crippen molar-refractivity contribution in [2.75, 3.05) is 13.2 Å². The molecule has 5 atom stereocenters. The lowest BCUT2D eigenvalue weighted by molar-refractivity contribution is -0.0593. The Hall–Kier alpha value is -0.240. The Morgan fingerprint density at radius 2 is 1.92 bits per heavy atom. The van der Waals surface area contributed by atoms with E-state index < -0.39 is 37.1 Å². The smallest absolute Gasteiger partial charge is 0.105 e. The number of hydrogen-bond acceptors (Lipinski definition) is 6. The Bertz CT molecular complexity index is 167. The van der Waals surface area contributed by atoms with Gasteiger partial charge in [-0.05, 0) is 0 Å². The minimum Gasteiger partial charge on any atom is -0.394 e. The summed E-state index contributed by atoms with van der Waals surface area (Å²) in [5.41, 5.74) is 0. The molecule has 0 aliphatic carbocycles. The van der Waals surface area contributed by atoms with Crippen LogP contribution < -0.4 is 5.32 Å². The van der Waals surface area contributed by atoms with E-state index in [1.54, 1.807) is 0 Å². The van der Waals surface area contributed by atoms with E-state index in [-0.39, 0.29) is 6.54 Å². The standard InChI is InChI=1S/C7H15NO5/c9-2-4(11)7(13)5-6(12)3(10)1-8-5/h3-13H,1-2H2/t3-,4+,5+,6-,7-/m0/s1. The van der Waals surface area contributed by atoms with Crippen LogP contribution in [0.1, 0.15) is 0 Å². The number of rotatable bonds is 3. The van der Waals surface area contributed by atoms with Crippen molar-refractivity contribution >= 4 is 0 Å². The minimum atomic E-state index is -1.31. The van der Waals surface area contributed by atoms with Gasteiger partial charge >= 0.3 is 0 Å². The Morgan fingerprint density at radius 3 is 2.31 bits per heavy atom. The predicted octanol–water partition coefficient (Wildman–Crippen LogP) is -3.61. The molecule has 0 aromatic heterocycles. The molecule has 0 amide bonds. The fourth-order valence-electron chi connectivity index (χ4n) is 1.41. The van der Waals surface area contributed by atoms with Crippen molar-refractivity contribution < 1.29 is 25.5 Å². The summed E-state index contributed by atoms with van der Waals surface area (Å²) in [4.78, 5) is 0. The van der Waals surface area contributed by atoms with Gasteiger partial charge in [-0.1, -0.05) is 0 Å². The molecule has 1 aliphatic rings. The second-order valence-corrected chi connectivity index (χ2v) is 3.23. The van der Waals surface area contributed by atoms with Gasteiger partial charge in [-0.25, -0.2) is 0 Å². The first kappa shape index (κ1) is 10.8. The van der Waals surface area contributed by atoms with Crippen LogP contribution in [0.25, 0.3) is 0 Å². The summed E-state index contributed by atoms with van der Waals surface area (Å²) in [7, 11) is 0. The Labute approximate surface area is 75.4 Å². The fraction of sp³-hybridized carbons (Fsp3) is 1.00. The molecule has 0 aromatic carbocycles. The maximum atomic E-state index is 9.36. The van der Waals surface area contributed by atoms with Crippen molar-refractivity contribution in [2.45, 2.75) is 30.5 Å². The molecule has 1 rings (SSSR count). The van der Waals surface area contributed by atoms with Gasteiger partial charge in [0.05, 0.1) is 24.9 Å². The molecule has 0 radical (unpaired) electrons. The van der Waals surface area contributed by atoms with E-state index in [0.717, 1.165) is 0 Å². The quantitative estimate of drug-likeness (QED) is 0.276. The van der Waals surface area contributed by atoms with E-state index >= 15 is 0 Å². The lowest BCUT2D eigenvalue weighted by Crippen LogP contribution is -2.50. The predicted molar refractivity (Wildman–Crippen MR) is 42.9 cm³/mol. The number of hydrogen-bond donors (Lipinski definition) is 6.